The summed E-state index contributed by atoms with van der Waals surface area (Å²) in [5.41, 5.74) is 2.41. The highest BCUT2D eigenvalue weighted by Gasteiger charge is 2.26. The molecule has 25 heavy (non-hydrogen) atoms. The standard InChI is InChI=1S/C21H27FN2O/c1-2-25-17-16-23-12-14-24(15-13-23)21(18-6-4-3-5-7-18)19-8-10-20(22)11-9-19/h3-11,21H,2,12-17H2,1H3/i22-1. The fourth-order valence-corrected chi connectivity index (χ4v) is 3.48. The zero-order valence-corrected chi connectivity index (χ0v) is 14.9. The van der Waals surface area contributed by atoms with Crippen molar-refractivity contribution in [2.24, 2.45) is 0 Å². The molecule has 1 heterocycles. The maximum atomic E-state index is 13.4. The average molecular weight is 341 g/mol. The molecule has 1 unspecified atom stereocenters. The zero-order valence-electron chi connectivity index (χ0n) is 14.9. The molecule has 1 fully saturated rings. The summed E-state index contributed by atoms with van der Waals surface area (Å²) in [7, 11) is 0. The van der Waals surface area contributed by atoms with Gasteiger partial charge in [0.25, 0.3) is 0 Å². The van der Waals surface area contributed by atoms with Gasteiger partial charge in [0, 0.05) is 39.3 Å². The minimum Gasteiger partial charge on any atom is -0.380 e. The number of hydrogen-bond acceptors (Lipinski definition) is 3. The van der Waals surface area contributed by atoms with Gasteiger partial charge in [0.05, 0.1) is 12.6 Å². The van der Waals surface area contributed by atoms with Crippen LogP contribution in [0.25, 0.3) is 0 Å². The summed E-state index contributed by atoms with van der Waals surface area (Å²) >= 11 is 0. The number of ether oxygens (including phenoxy) is 1. The van der Waals surface area contributed by atoms with E-state index in [0.29, 0.717) is 0 Å². The Bertz CT molecular complexity index is 624. The molecule has 2 aromatic rings. The minimum absolute atomic E-state index is 0.177. The predicted molar refractivity (Wildman–Crippen MR) is 99.2 cm³/mol. The van der Waals surface area contributed by atoms with Crippen molar-refractivity contribution < 1.29 is 9.13 Å². The third-order valence-electron chi connectivity index (χ3n) is 4.83. The maximum Gasteiger partial charge on any atom is 0.123 e. The summed E-state index contributed by atoms with van der Waals surface area (Å²) in [6.45, 7) is 8.69. The first-order valence-electron chi connectivity index (χ1n) is 9.12. The van der Waals surface area contributed by atoms with Gasteiger partial charge in [-0.1, -0.05) is 42.5 Å². The molecule has 0 radical (unpaired) electrons. The van der Waals surface area contributed by atoms with Gasteiger partial charge in [-0.15, -0.1) is 0 Å². The van der Waals surface area contributed by atoms with Crippen LogP contribution in [-0.2, 0) is 4.74 Å². The fraction of sp³-hybridized carbons (Fsp3) is 0.429. The molecular weight excluding hydrogens is 314 g/mol. The van der Waals surface area contributed by atoms with Crippen molar-refractivity contribution >= 4 is 0 Å². The van der Waals surface area contributed by atoms with Gasteiger partial charge in [-0.2, -0.15) is 0 Å². The lowest BCUT2D eigenvalue weighted by molar-refractivity contribution is 0.0709. The molecule has 0 N–H and O–H groups in total. The number of benzene rings is 2. The molecule has 3 nitrogen and oxygen atoms in total. The Morgan fingerprint density at radius 3 is 2.20 bits per heavy atom. The first kappa shape index (κ1) is 18.1. The van der Waals surface area contributed by atoms with Crippen molar-refractivity contribution in [3.05, 3.63) is 71.5 Å². The van der Waals surface area contributed by atoms with Gasteiger partial charge in [0.15, 0.2) is 0 Å². The van der Waals surface area contributed by atoms with E-state index in [1.807, 2.05) is 25.1 Å². The second-order valence-corrected chi connectivity index (χ2v) is 6.44. The van der Waals surface area contributed by atoms with Crippen LogP contribution in [0.3, 0.4) is 0 Å². The highest BCUT2D eigenvalue weighted by atomic mass is 18.2. The van der Waals surface area contributed by atoms with E-state index < -0.39 is 0 Å². The predicted octanol–water partition coefficient (Wildman–Crippen LogP) is 3.57. The zero-order chi connectivity index (χ0) is 17.5. The Morgan fingerprint density at radius 1 is 0.920 bits per heavy atom. The quantitative estimate of drug-likeness (QED) is 0.716. The number of hydrogen-bond donors (Lipinski definition) is 0. The summed E-state index contributed by atoms with van der Waals surface area (Å²) in [5, 5.41) is 0. The van der Waals surface area contributed by atoms with Gasteiger partial charge in [-0.05, 0) is 30.2 Å². The molecule has 0 aromatic heterocycles. The highest BCUT2D eigenvalue weighted by Crippen LogP contribution is 2.29. The van der Waals surface area contributed by atoms with Crippen molar-refractivity contribution in [2.45, 2.75) is 13.0 Å². The summed E-state index contributed by atoms with van der Waals surface area (Å²) in [4.78, 5) is 4.96. The van der Waals surface area contributed by atoms with Gasteiger partial charge in [0.2, 0.25) is 0 Å². The van der Waals surface area contributed by atoms with Gasteiger partial charge in [-0.3, -0.25) is 9.80 Å². The van der Waals surface area contributed by atoms with Gasteiger partial charge in [-0.25, -0.2) is 4.39 Å². The Hall–Kier alpha value is -1.75. The largest absolute Gasteiger partial charge is 0.380 e. The molecule has 0 saturated carbocycles. The summed E-state index contributed by atoms with van der Waals surface area (Å²) in [6.07, 6.45) is 0. The van der Waals surface area contributed by atoms with E-state index in [-0.39, 0.29) is 11.9 Å². The van der Waals surface area contributed by atoms with Crippen LogP contribution in [0.5, 0.6) is 0 Å². The van der Waals surface area contributed by atoms with E-state index >= 15 is 0 Å². The topological polar surface area (TPSA) is 15.7 Å². The molecule has 3 rings (SSSR count). The van der Waals surface area contributed by atoms with Crippen molar-refractivity contribution in [3.8, 4) is 0 Å². The van der Waals surface area contributed by atoms with E-state index in [1.54, 1.807) is 12.1 Å². The van der Waals surface area contributed by atoms with Crippen LogP contribution in [0.4, 0.5) is 4.39 Å². The van der Waals surface area contributed by atoms with Crippen LogP contribution >= 0.6 is 0 Å². The van der Waals surface area contributed by atoms with E-state index in [4.69, 9.17) is 4.74 Å². The maximum absolute atomic E-state index is 13.4. The molecule has 2 aromatic carbocycles. The number of rotatable bonds is 7. The second-order valence-electron chi connectivity index (χ2n) is 6.44. The van der Waals surface area contributed by atoms with Crippen LogP contribution in [0.15, 0.2) is 54.6 Å². The van der Waals surface area contributed by atoms with Crippen molar-refractivity contribution in [2.75, 3.05) is 45.9 Å². The molecular formula is C21H27FN2O. The molecule has 4 heteroatoms. The normalized spacial score (nSPS) is 17.5. The minimum atomic E-state index is -0.184. The van der Waals surface area contributed by atoms with Crippen LogP contribution in [0, 0.1) is 5.82 Å². The van der Waals surface area contributed by atoms with Crippen LogP contribution in [-0.4, -0.2) is 55.7 Å². The SMILES string of the molecule is CCOCCN1CCN(C(c2ccccc2)c2ccc([18F])cc2)CC1. The average Bonchev–Trinajstić information content (AvgIpc) is 2.66. The summed E-state index contributed by atoms with van der Waals surface area (Å²) in [5.74, 6) is -0.184. The molecule has 0 spiro atoms. The van der Waals surface area contributed by atoms with E-state index in [2.05, 4.69) is 34.1 Å². The number of halogens is 1. The van der Waals surface area contributed by atoms with Crippen LogP contribution < -0.4 is 0 Å². The van der Waals surface area contributed by atoms with Crippen molar-refractivity contribution in [1.29, 1.82) is 0 Å². The molecule has 0 amide bonds. The molecule has 0 aliphatic carbocycles. The van der Waals surface area contributed by atoms with Gasteiger partial charge in [0.1, 0.15) is 5.82 Å². The molecule has 1 saturated heterocycles. The first-order chi connectivity index (χ1) is 12.3. The first-order valence-corrected chi connectivity index (χ1v) is 9.12. The van der Waals surface area contributed by atoms with Crippen LogP contribution in [0.1, 0.15) is 24.1 Å². The van der Waals surface area contributed by atoms with Crippen molar-refractivity contribution in [3.63, 3.8) is 0 Å². The Labute approximate surface area is 150 Å². The molecule has 0 bridgehead atoms. The Balaban J connectivity index is 1.72. The molecule has 134 valence electrons. The summed E-state index contributed by atoms with van der Waals surface area (Å²) in [6, 6.07) is 17.6. The lowest BCUT2D eigenvalue weighted by Crippen LogP contribution is -2.48. The van der Waals surface area contributed by atoms with Crippen molar-refractivity contribution in [1.82, 2.24) is 9.80 Å². The van der Waals surface area contributed by atoms with E-state index in [9.17, 15) is 4.39 Å². The van der Waals surface area contributed by atoms with Gasteiger partial charge >= 0.3 is 0 Å². The lowest BCUT2D eigenvalue weighted by Gasteiger charge is -2.39. The number of piperazine rings is 1. The van der Waals surface area contributed by atoms with E-state index in [1.165, 1.54) is 5.56 Å². The second kappa shape index (κ2) is 9.09. The highest BCUT2D eigenvalue weighted by molar-refractivity contribution is 5.32. The smallest absolute Gasteiger partial charge is 0.123 e. The van der Waals surface area contributed by atoms with E-state index in [0.717, 1.165) is 51.5 Å². The third-order valence-corrected chi connectivity index (χ3v) is 4.83. The Morgan fingerprint density at radius 2 is 1.56 bits per heavy atom. The summed E-state index contributed by atoms with van der Waals surface area (Å²) < 4.78 is 18.8. The third kappa shape index (κ3) is 4.88. The monoisotopic (exact) mass is 341 g/mol. The molecule has 1 aliphatic rings. The molecule has 1 atom stereocenters. The number of nitrogens with zero attached hydrogens (tertiary/aromatic N) is 2. The molecule has 1 aliphatic heterocycles. The van der Waals surface area contributed by atoms with Gasteiger partial charge < -0.3 is 4.74 Å². The lowest BCUT2D eigenvalue weighted by atomic mass is 9.96. The van der Waals surface area contributed by atoms with Crippen LogP contribution in [0.2, 0.25) is 0 Å². The Kier molecular flexibility index (Phi) is 6.56. The fourth-order valence-electron chi connectivity index (χ4n) is 3.48.